The smallest absolute Gasteiger partial charge is 0.360 e. The van der Waals surface area contributed by atoms with Crippen LogP contribution in [0.2, 0.25) is 0 Å². The highest BCUT2D eigenvalue weighted by atomic mass is 16.5. The third-order valence-electron chi connectivity index (χ3n) is 5.12. The van der Waals surface area contributed by atoms with E-state index in [0.29, 0.717) is 11.3 Å². The Labute approximate surface area is 169 Å². The standard InChI is InChI=1S/C23H23N3O3/c1-25(2)22(27)21(16-10-5-3-6-11-16)29-23(28)20-18-14-9-15-19(18)26(24-20)17-12-7-4-8-13-17/h3-8,10-13,21H,9,14-15H2,1-2H3. The topological polar surface area (TPSA) is 64.4 Å². The number of nitrogens with zero attached hydrogens (tertiary/aromatic N) is 3. The highest BCUT2D eigenvalue weighted by Gasteiger charge is 2.32. The molecule has 1 aromatic heterocycles. The van der Waals surface area contributed by atoms with Gasteiger partial charge in [-0.2, -0.15) is 5.10 Å². The van der Waals surface area contributed by atoms with Gasteiger partial charge in [-0.3, -0.25) is 4.79 Å². The van der Waals surface area contributed by atoms with Gasteiger partial charge >= 0.3 is 5.97 Å². The van der Waals surface area contributed by atoms with Crippen LogP contribution >= 0.6 is 0 Å². The van der Waals surface area contributed by atoms with Gasteiger partial charge in [0.25, 0.3) is 5.91 Å². The van der Waals surface area contributed by atoms with Crippen LogP contribution in [-0.2, 0) is 22.4 Å². The molecular formula is C23H23N3O3. The van der Waals surface area contributed by atoms with Crippen LogP contribution in [0.1, 0.15) is 39.8 Å². The zero-order valence-electron chi connectivity index (χ0n) is 16.5. The van der Waals surface area contributed by atoms with Crippen LogP contribution in [0.15, 0.2) is 60.7 Å². The van der Waals surface area contributed by atoms with Crippen molar-refractivity contribution in [2.45, 2.75) is 25.4 Å². The van der Waals surface area contributed by atoms with E-state index in [1.54, 1.807) is 26.2 Å². The lowest BCUT2D eigenvalue weighted by molar-refractivity contribution is -0.138. The van der Waals surface area contributed by atoms with Crippen LogP contribution in [-0.4, -0.2) is 40.7 Å². The number of amides is 1. The Kier molecular flexibility index (Phi) is 5.16. The molecule has 0 N–H and O–H groups in total. The van der Waals surface area contributed by atoms with Crippen molar-refractivity contribution in [1.29, 1.82) is 0 Å². The number of aromatic nitrogens is 2. The number of rotatable bonds is 5. The van der Waals surface area contributed by atoms with Crippen molar-refractivity contribution in [2.24, 2.45) is 0 Å². The molecule has 0 radical (unpaired) electrons. The largest absolute Gasteiger partial charge is 0.442 e. The Morgan fingerprint density at radius 1 is 1.00 bits per heavy atom. The van der Waals surface area contributed by atoms with Gasteiger partial charge in [0.2, 0.25) is 6.10 Å². The van der Waals surface area contributed by atoms with Gasteiger partial charge in [-0.1, -0.05) is 48.5 Å². The van der Waals surface area contributed by atoms with Crippen LogP contribution in [0.25, 0.3) is 5.69 Å². The predicted octanol–water partition coefficient (Wildman–Crippen LogP) is 3.35. The van der Waals surface area contributed by atoms with E-state index in [0.717, 1.165) is 36.2 Å². The summed E-state index contributed by atoms with van der Waals surface area (Å²) in [5, 5.41) is 4.57. The molecule has 1 atom stereocenters. The summed E-state index contributed by atoms with van der Waals surface area (Å²) in [6.45, 7) is 0. The van der Waals surface area contributed by atoms with Gasteiger partial charge in [0.1, 0.15) is 0 Å². The molecule has 1 aliphatic carbocycles. The van der Waals surface area contributed by atoms with Gasteiger partial charge in [-0.05, 0) is 31.4 Å². The molecule has 0 spiro atoms. The summed E-state index contributed by atoms with van der Waals surface area (Å²) < 4.78 is 7.54. The Morgan fingerprint density at radius 3 is 2.31 bits per heavy atom. The van der Waals surface area contributed by atoms with Crippen molar-refractivity contribution < 1.29 is 14.3 Å². The number of fused-ring (bicyclic) bond motifs is 1. The van der Waals surface area contributed by atoms with Crippen LogP contribution in [0.5, 0.6) is 0 Å². The molecule has 0 aliphatic heterocycles. The lowest BCUT2D eigenvalue weighted by Crippen LogP contribution is -2.31. The number of hydrogen-bond acceptors (Lipinski definition) is 4. The molecule has 2 aromatic carbocycles. The number of likely N-dealkylation sites (N-methyl/N-ethyl adjacent to an activating group) is 1. The van der Waals surface area contributed by atoms with Crippen molar-refractivity contribution in [3.63, 3.8) is 0 Å². The molecule has 148 valence electrons. The minimum atomic E-state index is -1.00. The molecule has 1 heterocycles. The Bertz CT molecular complexity index is 1030. The van der Waals surface area contributed by atoms with Gasteiger partial charge in [0.15, 0.2) is 5.69 Å². The minimum absolute atomic E-state index is 0.288. The van der Waals surface area contributed by atoms with E-state index >= 15 is 0 Å². The molecule has 6 nitrogen and oxygen atoms in total. The van der Waals surface area contributed by atoms with Crippen molar-refractivity contribution in [3.05, 3.63) is 83.2 Å². The number of ether oxygens (including phenoxy) is 1. The summed E-state index contributed by atoms with van der Waals surface area (Å²) in [4.78, 5) is 27.2. The van der Waals surface area contributed by atoms with E-state index in [1.165, 1.54) is 4.90 Å². The fraction of sp³-hybridized carbons (Fsp3) is 0.261. The molecule has 3 aromatic rings. The molecular weight excluding hydrogens is 366 g/mol. The predicted molar refractivity (Wildman–Crippen MR) is 109 cm³/mol. The number of esters is 1. The molecule has 1 amide bonds. The van der Waals surface area contributed by atoms with E-state index in [1.807, 2.05) is 53.2 Å². The van der Waals surface area contributed by atoms with E-state index < -0.39 is 12.1 Å². The minimum Gasteiger partial charge on any atom is -0.442 e. The Morgan fingerprint density at radius 2 is 1.66 bits per heavy atom. The van der Waals surface area contributed by atoms with Crippen LogP contribution in [0.3, 0.4) is 0 Å². The Hall–Kier alpha value is -3.41. The summed E-state index contributed by atoms with van der Waals surface area (Å²) in [5.41, 5.74) is 3.81. The summed E-state index contributed by atoms with van der Waals surface area (Å²) in [5.74, 6) is -0.856. The number of para-hydroxylation sites is 1. The van der Waals surface area contributed by atoms with Crippen LogP contribution in [0, 0.1) is 0 Å². The second-order valence-electron chi connectivity index (χ2n) is 7.30. The first kappa shape index (κ1) is 18.9. The monoisotopic (exact) mass is 389 g/mol. The van der Waals surface area contributed by atoms with E-state index in [-0.39, 0.29) is 5.91 Å². The number of carbonyl (C=O) groups excluding carboxylic acids is 2. The van der Waals surface area contributed by atoms with E-state index in [9.17, 15) is 9.59 Å². The lowest BCUT2D eigenvalue weighted by atomic mass is 10.1. The van der Waals surface area contributed by atoms with Gasteiger partial charge in [-0.25, -0.2) is 9.48 Å². The van der Waals surface area contributed by atoms with Crippen molar-refractivity contribution >= 4 is 11.9 Å². The molecule has 0 fully saturated rings. The number of carbonyl (C=O) groups is 2. The van der Waals surface area contributed by atoms with Gasteiger partial charge < -0.3 is 9.64 Å². The van der Waals surface area contributed by atoms with Crippen LogP contribution < -0.4 is 0 Å². The molecule has 1 unspecified atom stereocenters. The highest BCUT2D eigenvalue weighted by molar-refractivity contribution is 5.92. The molecule has 0 saturated heterocycles. The average Bonchev–Trinajstić information content (AvgIpc) is 3.35. The maximum atomic E-state index is 13.1. The zero-order chi connectivity index (χ0) is 20.4. The van der Waals surface area contributed by atoms with Crippen molar-refractivity contribution in [3.8, 4) is 5.69 Å². The first-order chi connectivity index (χ1) is 14.1. The first-order valence-electron chi connectivity index (χ1n) is 9.69. The maximum absolute atomic E-state index is 13.1. The molecule has 0 saturated carbocycles. The number of hydrogen-bond donors (Lipinski definition) is 0. The van der Waals surface area contributed by atoms with E-state index in [4.69, 9.17) is 4.74 Å². The Balaban J connectivity index is 1.68. The second kappa shape index (κ2) is 7.91. The lowest BCUT2D eigenvalue weighted by Gasteiger charge is -2.21. The molecule has 1 aliphatic rings. The van der Waals surface area contributed by atoms with Crippen LogP contribution in [0.4, 0.5) is 0 Å². The molecule has 4 rings (SSSR count). The third kappa shape index (κ3) is 3.66. The summed E-state index contributed by atoms with van der Waals surface area (Å²) in [6.07, 6.45) is 1.62. The summed E-state index contributed by atoms with van der Waals surface area (Å²) in [6, 6.07) is 18.8. The second-order valence-corrected chi connectivity index (χ2v) is 7.30. The quantitative estimate of drug-likeness (QED) is 0.628. The fourth-order valence-corrected chi connectivity index (χ4v) is 3.67. The maximum Gasteiger partial charge on any atom is 0.360 e. The van der Waals surface area contributed by atoms with Gasteiger partial charge in [-0.15, -0.1) is 0 Å². The zero-order valence-corrected chi connectivity index (χ0v) is 16.5. The van der Waals surface area contributed by atoms with Crippen molar-refractivity contribution in [1.82, 2.24) is 14.7 Å². The van der Waals surface area contributed by atoms with E-state index in [2.05, 4.69) is 5.10 Å². The normalized spacial score (nSPS) is 13.6. The SMILES string of the molecule is CN(C)C(=O)C(OC(=O)c1nn(-c2ccccc2)c2c1CCC2)c1ccccc1. The fourth-order valence-electron chi connectivity index (χ4n) is 3.67. The average molecular weight is 389 g/mol. The molecule has 6 heteroatoms. The van der Waals surface area contributed by atoms with Gasteiger partial charge in [0, 0.05) is 30.9 Å². The molecule has 29 heavy (non-hydrogen) atoms. The highest BCUT2D eigenvalue weighted by Crippen LogP contribution is 2.30. The summed E-state index contributed by atoms with van der Waals surface area (Å²) >= 11 is 0. The first-order valence-corrected chi connectivity index (χ1v) is 9.69. The van der Waals surface area contributed by atoms with Crippen molar-refractivity contribution in [2.75, 3.05) is 14.1 Å². The van der Waals surface area contributed by atoms with Gasteiger partial charge in [0.05, 0.1) is 5.69 Å². The molecule has 0 bridgehead atoms. The number of benzene rings is 2. The summed E-state index contributed by atoms with van der Waals surface area (Å²) in [7, 11) is 3.29. The third-order valence-corrected chi connectivity index (χ3v) is 5.12.